The molecule has 0 aliphatic rings. The number of primary amides is 1. The molecule has 3 unspecified atom stereocenters. The van der Waals surface area contributed by atoms with Crippen molar-refractivity contribution in [3.63, 3.8) is 0 Å². The number of nitrogens with two attached hydrogens (primary N) is 2. The molecule has 4 amide bonds. The first-order chi connectivity index (χ1) is 15.1. The molecule has 0 bridgehead atoms. The van der Waals surface area contributed by atoms with Gasteiger partial charge < -0.3 is 32.5 Å². The van der Waals surface area contributed by atoms with Crippen LogP contribution in [-0.4, -0.2) is 71.4 Å². The van der Waals surface area contributed by atoms with E-state index in [9.17, 15) is 24.0 Å². The Balaban J connectivity index is 2.98. The lowest BCUT2D eigenvalue weighted by Gasteiger charge is -2.24. The number of amides is 4. The largest absolute Gasteiger partial charge is 0.480 e. The first-order valence-electron chi connectivity index (χ1n) is 9.81. The van der Waals surface area contributed by atoms with Gasteiger partial charge in [0.2, 0.25) is 23.6 Å². The predicted octanol–water partition coefficient (Wildman–Crippen LogP) is -1.64. The lowest BCUT2D eigenvalue weighted by atomic mass is 10.0. The van der Waals surface area contributed by atoms with E-state index in [1.807, 2.05) is 6.26 Å². The van der Waals surface area contributed by atoms with Gasteiger partial charge in [-0.15, -0.1) is 0 Å². The highest BCUT2D eigenvalue weighted by molar-refractivity contribution is 7.98. The summed E-state index contributed by atoms with van der Waals surface area (Å²) in [5.74, 6) is -3.48. The lowest BCUT2D eigenvalue weighted by Crippen LogP contribution is -2.57. The third-order valence-corrected chi connectivity index (χ3v) is 4.97. The molecule has 12 heteroatoms. The van der Waals surface area contributed by atoms with Crippen LogP contribution in [0.2, 0.25) is 0 Å². The van der Waals surface area contributed by atoms with Crippen LogP contribution < -0.4 is 27.4 Å². The number of carbonyl (C=O) groups is 5. The molecule has 176 valence electrons. The van der Waals surface area contributed by atoms with E-state index in [-0.39, 0.29) is 19.3 Å². The molecule has 32 heavy (non-hydrogen) atoms. The van der Waals surface area contributed by atoms with E-state index >= 15 is 0 Å². The van der Waals surface area contributed by atoms with Crippen LogP contribution in [0.4, 0.5) is 0 Å². The standard InChI is InChI=1S/C20H29N5O6S/c1-32-8-7-14(19(30)23-11-17(27)28)24-20(31)15(9-12-5-3-2-4-6-12)25-18(29)13(21)10-16(22)26/h2-6,13-15H,7-11,21H2,1H3,(H2,22,26)(H,23,30)(H,24,31)(H,25,29)(H,27,28). The van der Waals surface area contributed by atoms with Gasteiger partial charge in [-0.1, -0.05) is 30.3 Å². The Kier molecular flexibility index (Phi) is 11.8. The third-order valence-electron chi connectivity index (χ3n) is 4.33. The van der Waals surface area contributed by atoms with Crippen molar-refractivity contribution in [2.45, 2.75) is 37.4 Å². The maximum Gasteiger partial charge on any atom is 0.322 e. The molecule has 3 atom stereocenters. The highest BCUT2D eigenvalue weighted by Crippen LogP contribution is 2.07. The summed E-state index contributed by atoms with van der Waals surface area (Å²) in [6.45, 7) is -0.587. The number of rotatable bonds is 14. The van der Waals surface area contributed by atoms with E-state index in [2.05, 4.69) is 16.0 Å². The average molecular weight is 468 g/mol. The fraction of sp³-hybridized carbons (Fsp3) is 0.450. The molecule has 11 nitrogen and oxygen atoms in total. The van der Waals surface area contributed by atoms with Crippen LogP contribution in [0.1, 0.15) is 18.4 Å². The van der Waals surface area contributed by atoms with Crippen molar-refractivity contribution in [2.75, 3.05) is 18.6 Å². The fourth-order valence-corrected chi connectivity index (χ4v) is 3.18. The number of thioether (sulfide) groups is 1. The van der Waals surface area contributed by atoms with Crippen molar-refractivity contribution in [3.05, 3.63) is 35.9 Å². The summed E-state index contributed by atoms with van der Waals surface area (Å²) in [6, 6.07) is 5.55. The molecule has 0 fully saturated rings. The van der Waals surface area contributed by atoms with Gasteiger partial charge in [0.25, 0.3) is 0 Å². The van der Waals surface area contributed by atoms with Gasteiger partial charge in [0.1, 0.15) is 18.6 Å². The van der Waals surface area contributed by atoms with Crippen LogP contribution in [0.5, 0.6) is 0 Å². The molecule has 0 aliphatic heterocycles. The number of carboxylic acids is 1. The number of hydrogen-bond acceptors (Lipinski definition) is 7. The number of carbonyl (C=O) groups excluding carboxylic acids is 4. The number of benzene rings is 1. The highest BCUT2D eigenvalue weighted by atomic mass is 32.2. The quantitative estimate of drug-likeness (QED) is 0.187. The summed E-state index contributed by atoms with van der Waals surface area (Å²) >= 11 is 1.45. The molecule has 1 aromatic rings. The summed E-state index contributed by atoms with van der Waals surface area (Å²) < 4.78 is 0. The molecule has 8 N–H and O–H groups in total. The van der Waals surface area contributed by atoms with Gasteiger partial charge in [-0.3, -0.25) is 24.0 Å². The Bertz CT molecular complexity index is 807. The SMILES string of the molecule is CSCCC(NC(=O)C(Cc1ccccc1)NC(=O)C(N)CC(N)=O)C(=O)NCC(=O)O. The number of nitrogens with one attached hydrogen (secondary N) is 3. The summed E-state index contributed by atoms with van der Waals surface area (Å²) in [5.41, 5.74) is 11.5. The number of carboxylic acid groups (broad SMARTS) is 1. The summed E-state index contributed by atoms with van der Waals surface area (Å²) in [7, 11) is 0. The van der Waals surface area contributed by atoms with Crippen molar-refractivity contribution in [3.8, 4) is 0 Å². The number of aliphatic carboxylic acids is 1. The first kappa shape index (κ1) is 26.9. The van der Waals surface area contributed by atoms with E-state index in [1.165, 1.54) is 11.8 Å². The molecule has 0 saturated carbocycles. The maximum atomic E-state index is 13.0. The zero-order valence-corrected chi connectivity index (χ0v) is 18.5. The van der Waals surface area contributed by atoms with E-state index in [0.717, 1.165) is 5.56 Å². The van der Waals surface area contributed by atoms with Crippen molar-refractivity contribution in [1.82, 2.24) is 16.0 Å². The van der Waals surface area contributed by atoms with Crippen LogP contribution in [-0.2, 0) is 30.4 Å². The van der Waals surface area contributed by atoms with E-state index in [1.54, 1.807) is 30.3 Å². The monoisotopic (exact) mass is 467 g/mol. The van der Waals surface area contributed by atoms with Gasteiger partial charge in [0, 0.05) is 6.42 Å². The molecule has 0 heterocycles. The van der Waals surface area contributed by atoms with Crippen molar-refractivity contribution in [1.29, 1.82) is 0 Å². The minimum Gasteiger partial charge on any atom is -0.480 e. The van der Waals surface area contributed by atoms with Gasteiger partial charge in [0.05, 0.1) is 12.5 Å². The molecular weight excluding hydrogens is 438 g/mol. The second-order valence-electron chi connectivity index (χ2n) is 6.98. The van der Waals surface area contributed by atoms with Gasteiger partial charge in [-0.25, -0.2) is 0 Å². The molecule has 1 rings (SSSR count). The summed E-state index contributed by atoms with van der Waals surface area (Å²) in [4.78, 5) is 59.5. The average Bonchev–Trinajstić information content (AvgIpc) is 2.74. The van der Waals surface area contributed by atoms with E-state index in [0.29, 0.717) is 5.75 Å². The Morgan fingerprint density at radius 1 is 1.00 bits per heavy atom. The second kappa shape index (κ2) is 14.0. The van der Waals surface area contributed by atoms with Crippen LogP contribution in [0.15, 0.2) is 30.3 Å². The molecule has 1 aromatic carbocycles. The predicted molar refractivity (Wildman–Crippen MR) is 119 cm³/mol. The zero-order valence-electron chi connectivity index (χ0n) is 17.7. The van der Waals surface area contributed by atoms with Crippen LogP contribution in [0.25, 0.3) is 0 Å². The van der Waals surface area contributed by atoms with Crippen LogP contribution in [0, 0.1) is 0 Å². The number of hydrogen-bond donors (Lipinski definition) is 6. The first-order valence-corrected chi connectivity index (χ1v) is 11.2. The Morgan fingerprint density at radius 3 is 2.19 bits per heavy atom. The van der Waals surface area contributed by atoms with Crippen LogP contribution in [0.3, 0.4) is 0 Å². The molecule has 0 aliphatic carbocycles. The minimum atomic E-state index is -1.23. The van der Waals surface area contributed by atoms with E-state index in [4.69, 9.17) is 16.6 Å². The molecule has 0 spiro atoms. The summed E-state index contributed by atoms with van der Waals surface area (Å²) in [6.07, 6.45) is 1.80. The summed E-state index contributed by atoms with van der Waals surface area (Å²) in [5, 5.41) is 16.1. The van der Waals surface area contributed by atoms with Crippen molar-refractivity contribution in [2.24, 2.45) is 11.5 Å². The Hall–Kier alpha value is -3.12. The van der Waals surface area contributed by atoms with E-state index < -0.39 is 54.3 Å². The molecule has 0 saturated heterocycles. The highest BCUT2D eigenvalue weighted by Gasteiger charge is 2.28. The third kappa shape index (κ3) is 10.3. The molecular formula is C20H29N5O6S. The minimum absolute atomic E-state index is 0.105. The van der Waals surface area contributed by atoms with Crippen molar-refractivity contribution >= 4 is 41.4 Å². The van der Waals surface area contributed by atoms with Crippen LogP contribution >= 0.6 is 11.8 Å². The normalized spacial score (nSPS) is 13.3. The topological polar surface area (TPSA) is 194 Å². The smallest absolute Gasteiger partial charge is 0.322 e. The Morgan fingerprint density at radius 2 is 1.62 bits per heavy atom. The fourth-order valence-electron chi connectivity index (χ4n) is 2.71. The molecule has 0 radical (unpaired) electrons. The van der Waals surface area contributed by atoms with Gasteiger partial charge in [-0.2, -0.15) is 11.8 Å². The van der Waals surface area contributed by atoms with Gasteiger partial charge in [-0.05, 0) is 24.0 Å². The zero-order chi connectivity index (χ0) is 24.1. The molecule has 0 aromatic heterocycles. The maximum absolute atomic E-state index is 13.0. The van der Waals surface area contributed by atoms with Crippen molar-refractivity contribution < 1.29 is 29.1 Å². The van der Waals surface area contributed by atoms with Gasteiger partial charge in [0.15, 0.2) is 0 Å². The Labute approximate surface area is 190 Å². The lowest BCUT2D eigenvalue weighted by molar-refractivity contribution is -0.138. The second-order valence-corrected chi connectivity index (χ2v) is 7.97. The van der Waals surface area contributed by atoms with Gasteiger partial charge >= 0.3 is 5.97 Å².